The fourth-order valence-electron chi connectivity index (χ4n) is 1.45. The Morgan fingerprint density at radius 3 is 2.72 bits per heavy atom. The van der Waals surface area contributed by atoms with Crippen LogP contribution in [0, 0.1) is 11.3 Å². The Labute approximate surface area is 104 Å². The third-order valence-electron chi connectivity index (χ3n) is 2.34. The van der Waals surface area contributed by atoms with Gasteiger partial charge in [0.2, 0.25) is 11.2 Å². The molecule has 0 N–H and O–H groups in total. The molecule has 1 aromatic carbocycles. The molecule has 0 aliphatic heterocycles. The lowest BCUT2D eigenvalue weighted by Gasteiger charge is -2.04. The van der Waals surface area contributed by atoms with Crippen LogP contribution < -0.4 is 10.2 Å². The van der Waals surface area contributed by atoms with Crippen LogP contribution in [0.3, 0.4) is 0 Å². The van der Waals surface area contributed by atoms with E-state index in [1.54, 1.807) is 0 Å². The highest BCUT2D eigenvalue weighted by atomic mass is 16.5. The molecule has 0 spiro atoms. The Kier molecular flexibility index (Phi) is 3.77. The lowest BCUT2D eigenvalue weighted by atomic mass is 10.2. The fraction of sp³-hybridized carbons (Fsp3) is 0.143. The van der Waals surface area contributed by atoms with Crippen molar-refractivity contribution < 1.29 is 9.15 Å². The Morgan fingerprint density at radius 2 is 2.06 bits per heavy atom. The maximum atomic E-state index is 11.6. The molecule has 4 nitrogen and oxygen atoms in total. The van der Waals surface area contributed by atoms with E-state index in [0.29, 0.717) is 12.4 Å². The molecule has 0 amide bonds. The Balaban J connectivity index is 2.07. The van der Waals surface area contributed by atoms with Crippen LogP contribution in [0.4, 0.5) is 0 Å². The molecule has 0 fully saturated rings. The molecule has 0 atom stereocenters. The van der Waals surface area contributed by atoms with E-state index in [2.05, 4.69) is 0 Å². The Morgan fingerprint density at radius 1 is 1.28 bits per heavy atom. The third kappa shape index (κ3) is 2.98. The van der Waals surface area contributed by atoms with Crippen molar-refractivity contribution in [3.63, 3.8) is 0 Å². The standard InChI is InChI=1S/C14H11NO3/c15-7-6-12-8-13(16)14(10-17-12)18-9-11-4-2-1-3-5-11/h1-5,8,10H,6,9H2. The monoisotopic (exact) mass is 241 g/mol. The summed E-state index contributed by atoms with van der Waals surface area (Å²) < 4.78 is 10.5. The summed E-state index contributed by atoms with van der Waals surface area (Å²) in [5.74, 6) is 0.495. The summed E-state index contributed by atoms with van der Waals surface area (Å²) in [5, 5.41) is 8.49. The van der Waals surface area contributed by atoms with E-state index in [4.69, 9.17) is 14.4 Å². The van der Waals surface area contributed by atoms with Gasteiger partial charge in [-0.1, -0.05) is 30.3 Å². The Bertz CT molecular complexity index is 611. The molecule has 0 saturated carbocycles. The van der Waals surface area contributed by atoms with Crippen LogP contribution in [0.1, 0.15) is 11.3 Å². The molecule has 2 rings (SSSR count). The normalized spacial score (nSPS) is 9.72. The van der Waals surface area contributed by atoms with Gasteiger partial charge in [0, 0.05) is 6.07 Å². The molecule has 0 radical (unpaired) electrons. The summed E-state index contributed by atoms with van der Waals surface area (Å²) in [6, 6.07) is 12.7. The average molecular weight is 241 g/mol. The first-order valence-electron chi connectivity index (χ1n) is 5.45. The van der Waals surface area contributed by atoms with Gasteiger partial charge in [-0.25, -0.2) is 0 Å². The van der Waals surface area contributed by atoms with E-state index < -0.39 is 0 Å². The zero-order valence-corrected chi connectivity index (χ0v) is 9.63. The maximum Gasteiger partial charge on any atom is 0.227 e. The first kappa shape index (κ1) is 11.9. The molecule has 90 valence electrons. The summed E-state index contributed by atoms with van der Waals surface area (Å²) in [6.45, 7) is 0.309. The number of hydrogen-bond acceptors (Lipinski definition) is 4. The molecule has 4 heteroatoms. The maximum absolute atomic E-state index is 11.6. The molecule has 0 bridgehead atoms. The third-order valence-corrected chi connectivity index (χ3v) is 2.34. The lowest BCUT2D eigenvalue weighted by molar-refractivity contribution is 0.290. The summed E-state index contributed by atoms with van der Waals surface area (Å²) in [6.07, 6.45) is 1.33. The van der Waals surface area contributed by atoms with Crippen molar-refractivity contribution in [1.29, 1.82) is 5.26 Å². The van der Waals surface area contributed by atoms with Crippen molar-refractivity contribution in [2.75, 3.05) is 0 Å². The highest BCUT2D eigenvalue weighted by Gasteiger charge is 2.04. The first-order valence-corrected chi connectivity index (χ1v) is 5.45. The predicted octanol–water partition coefficient (Wildman–Crippen LogP) is 2.28. The van der Waals surface area contributed by atoms with Crippen molar-refractivity contribution in [1.82, 2.24) is 0 Å². The van der Waals surface area contributed by atoms with Gasteiger partial charge in [0.1, 0.15) is 18.6 Å². The average Bonchev–Trinajstić information content (AvgIpc) is 2.39. The highest BCUT2D eigenvalue weighted by molar-refractivity contribution is 5.20. The molecule has 0 aliphatic carbocycles. The van der Waals surface area contributed by atoms with Crippen molar-refractivity contribution in [3.8, 4) is 11.8 Å². The predicted molar refractivity (Wildman–Crippen MR) is 65.1 cm³/mol. The molecular weight excluding hydrogens is 230 g/mol. The van der Waals surface area contributed by atoms with Gasteiger partial charge in [0.15, 0.2) is 0 Å². The second-order valence-corrected chi connectivity index (χ2v) is 3.68. The van der Waals surface area contributed by atoms with Crippen molar-refractivity contribution in [2.24, 2.45) is 0 Å². The molecule has 2 aromatic rings. The van der Waals surface area contributed by atoms with Gasteiger partial charge in [0.05, 0.1) is 12.5 Å². The van der Waals surface area contributed by atoms with Gasteiger partial charge >= 0.3 is 0 Å². The van der Waals surface area contributed by atoms with Crippen LogP contribution in [0.15, 0.2) is 51.9 Å². The van der Waals surface area contributed by atoms with Crippen LogP contribution in [0.2, 0.25) is 0 Å². The van der Waals surface area contributed by atoms with Crippen molar-refractivity contribution >= 4 is 0 Å². The number of nitriles is 1. The van der Waals surface area contributed by atoms with Crippen LogP contribution in [-0.4, -0.2) is 0 Å². The lowest BCUT2D eigenvalue weighted by Crippen LogP contribution is -2.07. The summed E-state index contributed by atoms with van der Waals surface area (Å²) in [7, 11) is 0. The van der Waals surface area contributed by atoms with E-state index in [0.717, 1.165) is 5.56 Å². The second kappa shape index (κ2) is 5.69. The van der Waals surface area contributed by atoms with E-state index in [1.165, 1.54) is 12.3 Å². The molecule has 0 aliphatic rings. The van der Waals surface area contributed by atoms with Crippen molar-refractivity contribution in [2.45, 2.75) is 13.0 Å². The molecular formula is C14H11NO3. The van der Waals surface area contributed by atoms with Gasteiger partial charge in [-0.3, -0.25) is 4.79 Å². The van der Waals surface area contributed by atoms with Crippen LogP contribution in [0.5, 0.6) is 5.75 Å². The van der Waals surface area contributed by atoms with E-state index in [9.17, 15) is 4.79 Å². The SMILES string of the molecule is N#CCc1cc(=O)c(OCc2ccccc2)co1. The first-order chi connectivity index (χ1) is 8.79. The Hall–Kier alpha value is -2.54. The number of nitrogens with zero attached hydrogens (tertiary/aromatic N) is 1. The second-order valence-electron chi connectivity index (χ2n) is 3.68. The zero-order chi connectivity index (χ0) is 12.8. The largest absolute Gasteiger partial charge is 0.482 e. The molecule has 0 saturated heterocycles. The molecule has 18 heavy (non-hydrogen) atoms. The van der Waals surface area contributed by atoms with E-state index in [1.807, 2.05) is 36.4 Å². The molecule has 1 aromatic heterocycles. The van der Waals surface area contributed by atoms with Crippen LogP contribution in [-0.2, 0) is 13.0 Å². The summed E-state index contributed by atoms with van der Waals surface area (Å²) in [5.41, 5.74) is 0.695. The van der Waals surface area contributed by atoms with Gasteiger partial charge in [-0.2, -0.15) is 5.26 Å². The van der Waals surface area contributed by atoms with Gasteiger partial charge in [-0.15, -0.1) is 0 Å². The minimum absolute atomic E-state index is 0.0776. The van der Waals surface area contributed by atoms with Crippen molar-refractivity contribution in [3.05, 3.63) is 64.2 Å². The van der Waals surface area contributed by atoms with Crippen LogP contribution in [0.25, 0.3) is 0 Å². The van der Waals surface area contributed by atoms with Gasteiger partial charge in [0.25, 0.3) is 0 Å². The number of ether oxygens (including phenoxy) is 1. The summed E-state index contributed by atoms with van der Waals surface area (Å²) in [4.78, 5) is 11.6. The van der Waals surface area contributed by atoms with E-state index >= 15 is 0 Å². The summed E-state index contributed by atoms with van der Waals surface area (Å²) >= 11 is 0. The van der Waals surface area contributed by atoms with Gasteiger partial charge in [-0.05, 0) is 5.56 Å². The van der Waals surface area contributed by atoms with Gasteiger partial charge < -0.3 is 9.15 Å². The smallest absolute Gasteiger partial charge is 0.227 e. The highest BCUT2D eigenvalue weighted by Crippen LogP contribution is 2.09. The fourth-order valence-corrected chi connectivity index (χ4v) is 1.45. The minimum Gasteiger partial charge on any atom is -0.482 e. The van der Waals surface area contributed by atoms with Crippen LogP contribution >= 0.6 is 0 Å². The minimum atomic E-state index is -0.276. The molecule has 0 unspecified atom stereocenters. The number of benzene rings is 1. The molecule has 1 heterocycles. The number of hydrogen-bond donors (Lipinski definition) is 0. The number of rotatable bonds is 4. The quantitative estimate of drug-likeness (QED) is 0.823. The topological polar surface area (TPSA) is 63.2 Å². The zero-order valence-electron chi connectivity index (χ0n) is 9.63. The van der Waals surface area contributed by atoms with E-state index in [-0.39, 0.29) is 17.6 Å².